The van der Waals surface area contributed by atoms with E-state index < -0.39 is 10.7 Å². The van der Waals surface area contributed by atoms with Crippen LogP contribution in [0.25, 0.3) is 5.69 Å². The summed E-state index contributed by atoms with van der Waals surface area (Å²) in [5.74, 6) is -0.651. The van der Waals surface area contributed by atoms with Crippen LogP contribution in [0.5, 0.6) is 5.88 Å². The number of thioether (sulfide) groups is 1. The number of carbonyl (C=O) groups excluding carboxylic acids is 1. The molecule has 1 heterocycles. The van der Waals surface area contributed by atoms with E-state index in [0.29, 0.717) is 23.7 Å². The lowest BCUT2D eigenvalue weighted by Crippen LogP contribution is -2.26. The molecule has 3 aromatic rings. The van der Waals surface area contributed by atoms with Crippen LogP contribution in [0.4, 0.5) is 5.69 Å². The maximum Gasteiger partial charge on any atom is 0.319 e. The summed E-state index contributed by atoms with van der Waals surface area (Å²) in [6.07, 6.45) is 1.87. The van der Waals surface area contributed by atoms with Gasteiger partial charge in [0.1, 0.15) is 4.75 Å². The van der Waals surface area contributed by atoms with Gasteiger partial charge in [0.25, 0.3) is 5.91 Å². The number of carboxylic acid groups (broad SMARTS) is 1. The van der Waals surface area contributed by atoms with Crippen LogP contribution >= 0.6 is 11.8 Å². The van der Waals surface area contributed by atoms with E-state index >= 15 is 0 Å². The second-order valence-corrected chi connectivity index (χ2v) is 10.7. The van der Waals surface area contributed by atoms with Crippen LogP contribution in [0.1, 0.15) is 60.8 Å². The van der Waals surface area contributed by atoms with E-state index in [-0.39, 0.29) is 5.91 Å². The summed E-state index contributed by atoms with van der Waals surface area (Å²) in [7, 11) is 0. The first kappa shape index (κ1) is 26.3. The number of hydrogen-bond acceptors (Lipinski definition) is 5. The Hall–Kier alpha value is -3.26. The number of unbranched alkanes of at least 4 members (excludes halogenated alkanes) is 1. The molecule has 1 amide bonds. The highest BCUT2D eigenvalue weighted by molar-refractivity contribution is 8.01. The summed E-state index contributed by atoms with van der Waals surface area (Å²) in [4.78, 5) is 25.5. The van der Waals surface area contributed by atoms with Crippen LogP contribution in [0.2, 0.25) is 0 Å². The average Bonchev–Trinajstić information content (AvgIpc) is 3.13. The normalized spacial score (nSPS) is 11.4. The summed E-state index contributed by atoms with van der Waals surface area (Å²) in [5.41, 5.74) is 4.53. The van der Waals surface area contributed by atoms with Crippen molar-refractivity contribution in [3.05, 3.63) is 64.8 Å². The zero-order chi connectivity index (χ0) is 25.8. The fourth-order valence-corrected chi connectivity index (χ4v) is 4.36. The molecule has 2 aromatic carbocycles. The third-order valence-electron chi connectivity index (χ3n) is 5.84. The highest BCUT2D eigenvalue weighted by Gasteiger charge is 2.28. The van der Waals surface area contributed by atoms with Gasteiger partial charge in [-0.1, -0.05) is 25.5 Å². The van der Waals surface area contributed by atoms with Gasteiger partial charge in [-0.05, 0) is 82.5 Å². The van der Waals surface area contributed by atoms with Crippen molar-refractivity contribution in [2.24, 2.45) is 0 Å². The van der Waals surface area contributed by atoms with Gasteiger partial charge >= 0.3 is 5.97 Å². The van der Waals surface area contributed by atoms with Crippen molar-refractivity contribution in [1.82, 2.24) is 9.78 Å². The Bertz CT molecular complexity index is 1220. The maximum absolute atomic E-state index is 13.2. The minimum Gasteiger partial charge on any atom is -0.480 e. The van der Waals surface area contributed by atoms with E-state index in [0.717, 1.165) is 40.2 Å². The summed E-state index contributed by atoms with van der Waals surface area (Å²) in [6, 6.07) is 13.2. The van der Waals surface area contributed by atoms with Crippen molar-refractivity contribution in [2.45, 2.75) is 64.0 Å². The minimum atomic E-state index is -0.947. The number of nitrogens with zero attached hydrogens (tertiary/aromatic N) is 2. The Morgan fingerprint density at radius 3 is 2.40 bits per heavy atom. The number of ether oxygens (including phenoxy) is 1. The summed E-state index contributed by atoms with van der Waals surface area (Å²) >= 11 is 1.27. The molecule has 0 aliphatic heterocycles. The summed E-state index contributed by atoms with van der Waals surface area (Å²) < 4.78 is 6.76. The Labute approximate surface area is 210 Å². The third kappa shape index (κ3) is 6.06. The molecule has 0 spiro atoms. The first-order valence-electron chi connectivity index (χ1n) is 11.7. The molecule has 0 saturated carbocycles. The Morgan fingerprint density at radius 2 is 1.77 bits per heavy atom. The molecule has 186 valence electrons. The van der Waals surface area contributed by atoms with Crippen molar-refractivity contribution >= 4 is 29.3 Å². The van der Waals surface area contributed by atoms with E-state index in [1.807, 2.05) is 63.2 Å². The van der Waals surface area contributed by atoms with Crippen molar-refractivity contribution in [2.75, 3.05) is 11.9 Å². The topological polar surface area (TPSA) is 93.5 Å². The van der Waals surface area contributed by atoms with Crippen LogP contribution in [0, 0.1) is 20.8 Å². The standard InChI is InChI=1S/C27H33N3O4S/c1-7-8-16-34-25-19(4)23(24(31)28-22-11-9-10-17(2)18(22)3)29-30(25)20-12-14-21(15-13-20)35-27(5,6)26(32)33/h9-15H,7-8,16H2,1-6H3,(H,28,31)(H,32,33). The molecule has 2 N–H and O–H groups in total. The van der Waals surface area contributed by atoms with Crippen LogP contribution < -0.4 is 10.1 Å². The number of carbonyl (C=O) groups is 2. The molecular formula is C27H33N3O4S. The van der Waals surface area contributed by atoms with Gasteiger partial charge in [0.15, 0.2) is 5.69 Å². The van der Waals surface area contributed by atoms with Gasteiger partial charge in [-0.2, -0.15) is 5.10 Å². The molecule has 3 rings (SSSR count). The van der Waals surface area contributed by atoms with Crippen LogP contribution in [0.15, 0.2) is 47.4 Å². The third-order valence-corrected chi connectivity index (χ3v) is 7.04. The molecule has 0 saturated heterocycles. The highest BCUT2D eigenvalue weighted by atomic mass is 32.2. The number of rotatable bonds is 10. The zero-order valence-corrected chi connectivity index (χ0v) is 22.0. The zero-order valence-electron chi connectivity index (χ0n) is 21.1. The van der Waals surface area contributed by atoms with Gasteiger partial charge in [0.05, 0.1) is 12.3 Å². The fourth-order valence-electron chi connectivity index (χ4n) is 3.42. The molecule has 1 aromatic heterocycles. The number of aromatic nitrogens is 2. The first-order chi connectivity index (χ1) is 16.5. The van der Waals surface area contributed by atoms with Gasteiger partial charge in [0.2, 0.25) is 5.88 Å². The molecule has 0 aliphatic carbocycles. The van der Waals surface area contributed by atoms with E-state index in [1.54, 1.807) is 18.5 Å². The van der Waals surface area contributed by atoms with E-state index in [4.69, 9.17) is 4.74 Å². The van der Waals surface area contributed by atoms with Crippen LogP contribution in [-0.4, -0.2) is 38.1 Å². The van der Waals surface area contributed by atoms with Gasteiger partial charge in [-0.15, -0.1) is 11.8 Å². The van der Waals surface area contributed by atoms with E-state index in [1.165, 1.54) is 11.8 Å². The molecule has 8 heteroatoms. The predicted octanol–water partition coefficient (Wildman–Crippen LogP) is 6.18. The SMILES string of the molecule is CCCCOc1c(C)c(C(=O)Nc2cccc(C)c2C)nn1-c1ccc(SC(C)(C)C(=O)O)cc1. The number of aryl methyl sites for hydroxylation is 1. The largest absolute Gasteiger partial charge is 0.480 e. The Balaban J connectivity index is 1.94. The van der Waals surface area contributed by atoms with Gasteiger partial charge in [-0.3, -0.25) is 9.59 Å². The lowest BCUT2D eigenvalue weighted by Gasteiger charge is -2.18. The fraction of sp³-hybridized carbons (Fsp3) is 0.370. The summed E-state index contributed by atoms with van der Waals surface area (Å²) in [5, 5.41) is 17.0. The average molecular weight is 496 g/mol. The lowest BCUT2D eigenvalue weighted by molar-refractivity contribution is -0.138. The van der Waals surface area contributed by atoms with E-state index in [2.05, 4.69) is 17.3 Å². The monoisotopic (exact) mass is 495 g/mol. The van der Waals surface area contributed by atoms with Crippen LogP contribution in [-0.2, 0) is 4.79 Å². The van der Waals surface area contributed by atoms with Crippen molar-refractivity contribution < 1.29 is 19.4 Å². The number of nitrogens with one attached hydrogen (secondary N) is 1. The molecule has 0 fully saturated rings. The van der Waals surface area contributed by atoms with Crippen molar-refractivity contribution in [3.63, 3.8) is 0 Å². The molecule has 0 bridgehead atoms. The minimum absolute atomic E-state index is 0.294. The molecule has 0 aliphatic rings. The predicted molar refractivity (Wildman–Crippen MR) is 140 cm³/mol. The van der Waals surface area contributed by atoms with Gasteiger partial charge < -0.3 is 15.2 Å². The molecule has 35 heavy (non-hydrogen) atoms. The Morgan fingerprint density at radius 1 is 1.09 bits per heavy atom. The quantitative estimate of drug-likeness (QED) is 0.258. The number of carboxylic acids is 1. The molecule has 0 unspecified atom stereocenters. The number of amides is 1. The van der Waals surface area contributed by atoms with Crippen molar-refractivity contribution in [3.8, 4) is 11.6 Å². The molecule has 0 radical (unpaired) electrons. The van der Waals surface area contributed by atoms with Gasteiger partial charge in [-0.25, -0.2) is 4.68 Å². The highest BCUT2D eigenvalue weighted by Crippen LogP contribution is 2.34. The summed E-state index contributed by atoms with van der Waals surface area (Å²) in [6.45, 7) is 11.8. The number of anilines is 1. The molecular weight excluding hydrogens is 462 g/mol. The lowest BCUT2D eigenvalue weighted by atomic mass is 10.1. The number of hydrogen-bond donors (Lipinski definition) is 2. The van der Waals surface area contributed by atoms with Crippen molar-refractivity contribution in [1.29, 1.82) is 0 Å². The molecule has 0 atom stereocenters. The van der Waals surface area contributed by atoms with Gasteiger partial charge in [0, 0.05) is 16.1 Å². The second-order valence-electron chi connectivity index (χ2n) is 9.01. The van der Waals surface area contributed by atoms with Crippen LogP contribution in [0.3, 0.4) is 0 Å². The van der Waals surface area contributed by atoms with E-state index in [9.17, 15) is 14.7 Å². The smallest absolute Gasteiger partial charge is 0.319 e. The number of aliphatic carboxylic acids is 1. The maximum atomic E-state index is 13.2. The second kappa shape index (κ2) is 11.0. The molecule has 7 nitrogen and oxygen atoms in total. The Kier molecular flexibility index (Phi) is 8.27. The number of benzene rings is 2. The first-order valence-corrected chi connectivity index (χ1v) is 12.5.